The Morgan fingerprint density at radius 1 is 1.10 bits per heavy atom. The van der Waals surface area contributed by atoms with Gasteiger partial charge < -0.3 is 19.1 Å². The van der Waals surface area contributed by atoms with Crippen LogP contribution in [0.15, 0.2) is 47.1 Å². The largest absolute Gasteiger partial charge is 0.497 e. The van der Waals surface area contributed by atoms with Crippen LogP contribution in [0, 0.1) is 0 Å². The van der Waals surface area contributed by atoms with Crippen LogP contribution >= 0.6 is 0 Å². The van der Waals surface area contributed by atoms with Crippen molar-refractivity contribution >= 4 is 11.7 Å². The van der Waals surface area contributed by atoms with Gasteiger partial charge in [-0.25, -0.2) is 4.98 Å². The molecule has 0 aliphatic carbocycles. The van der Waals surface area contributed by atoms with Gasteiger partial charge in [0.1, 0.15) is 11.6 Å². The average Bonchev–Trinajstić information content (AvgIpc) is 3.29. The van der Waals surface area contributed by atoms with Gasteiger partial charge in [-0.05, 0) is 29.8 Å². The average molecular weight is 407 g/mol. The third kappa shape index (κ3) is 4.42. The summed E-state index contributed by atoms with van der Waals surface area (Å²) in [5.41, 5.74) is 1.82. The zero-order valence-electron chi connectivity index (χ0n) is 17.2. The fourth-order valence-corrected chi connectivity index (χ4v) is 3.44. The van der Waals surface area contributed by atoms with Crippen LogP contribution in [-0.4, -0.2) is 59.2 Å². The second kappa shape index (κ2) is 8.94. The molecule has 1 aromatic carbocycles. The van der Waals surface area contributed by atoms with Gasteiger partial charge in [0.25, 0.3) is 0 Å². The second-order valence-corrected chi connectivity index (χ2v) is 7.16. The van der Waals surface area contributed by atoms with E-state index in [1.54, 1.807) is 13.3 Å². The van der Waals surface area contributed by atoms with Gasteiger partial charge in [-0.1, -0.05) is 24.2 Å². The van der Waals surface area contributed by atoms with Gasteiger partial charge in [-0.2, -0.15) is 4.98 Å². The Kier molecular flexibility index (Phi) is 5.92. The number of pyridine rings is 1. The Balaban J connectivity index is 1.31. The lowest BCUT2D eigenvalue weighted by Gasteiger charge is -2.35. The lowest BCUT2D eigenvalue weighted by molar-refractivity contribution is -0.130. The Labute approximate surface area is 175 Å². The number of nitrogens with zero attached hydrogens (tertiary/aromatic N) is 5. The van der Waals surface area contributed by atoms with E-state index in [1.165, 1.54) is 0 Å². The van der Waals surface area contributed by atoms with E-state index >= 15 is 0 Å². The molecule has 1 aliphatic rings. The number of rotatable bonds is 6. The summed E-state index contributed by atoms with van der Waals surface area (Å²) in [6, 6.07) is 11.6. The molecule has 0 saturated carbocycles. The molecule has 30 heavy (non-hydrogen) atoms. The van der Waals surface area contributed by atoms with Gasteiger partial charge in [0, 0.05) is 44.4 Å². The highest BCUT2D eigenvalue weighted by Crippen LogP contribution is 2.20. The lowest BCUT2D eigenvalue weighted by atomic mass is 10.1. The van der Waals surface area contributed by atoms with E-state index in [4.69, 9.17) is 9.26 Å². The Bertz CT molecular complexity index is 977. The number of carbonyl (C=O) groups excluding carboxylic acids is 1. The second-order valence-electron chi connectivity index (χ2n) is 7.16. The molecule has 1 amide bonds. The van der Waals surface area contributed by atoms with E-state index in [-0.39, 0.29) is 5.91 Å². The fourth-order valence-electron chi connectivity index (χ4n) is 3.44. The molecule has 2 aromatic heterocycles. The molecule has 4 rings (SSSR count). The van der Waals surface area contributed by atoms with E-state index in [9.17, 15) is 4.79 Å². The molecule has 3 heterocycles. The van der Waals surface area contributed by atoms with E-state index in [0.29, 0.717) is 37.6 Å². The summed E-state index contributed by atoms with van der Waals surface area (Å²) in [7, 11) is 1.63. The summed E-state index contributed by atoms with van der Waals surface area (Å²) >= 11 is 0. The number of carbonyl (C=O) groups is 1. The molecule has 0 radical (unpaired) electrons. The predicted octanol–water partition coefficient (Wildman–Crippen LogP) is 2.59. The summed E-state index contributed by atoms with van der Waals surface area (Å²) in [5, 5.41) is 3.98. The van der Waals surface area contributed by atoms with Crippen molar-refractivity contribution in [1.82, 2.24) is 20.0 Å². The van der Waals surface area contributed by atoms with Crippen LogP contribution in [0.2, 0.25) is 0 Å². The van der Waals surface area contributed by atoms with Crippen molar-refractivity contribution in [3.8, 4) is 17.1 Å². The van der Waals surface area contributed by atoms with Crippen molar-refractivity contribution in [1.29, 1.82) is 0 Å². The Morgan fingerprint density at radius 3 is 2.47 bits per heavy atom. The predicted molar refractivity (Wildman–Crippen MR) is 112 cm³/mol. The Morgan fingerprint density at radius 2 is 1.87 bits per heavy atom. The first-order valence-electron chi connectivity index (χ1n) is 10.1. The number of hydrogen-bond acceptors (Lipinski definition) is 7. The number of anilines is 1. The van der Waals surface area contributed by atoms with E-state index < -0.39 is 0 Å². The SMILES string of the molecule is CCc1nc(-c2ccc(N3CCN(C(=O)Cc4ccc(OC)cc4)CC3)nc2)no1. The summed E-state index contributed by atoms with van der Waals surface area (Å²) in [5.74, 6) is 3.00. The number of aryl methyl sites for hydroxylation is 1. The zero-order chi connectivity index (χ0) is 20.9. The molecular formula is C22H25N5O3. The molecule has 0 spiro atoms. The Hall–Kier alpha value is -3.42. The first-order chi connectivity index (χ1) is 14.7. The quantitative estimate of drug-likeness (QED) is 0.621. The number of methoxy groups -OCH3 is 1. The minimum Gasteiger partial charge on any atom is -0.497 e. The minimum atomic E-state index is 0.145. The van der Waals surface area contributed by atoms with Crippen LogP contribution in [0.1, 0.15) is 18.4 Å². The maximum Gasteiger partial charge on any atom is 0.227 e. The summed E-state index contributed by atoms with van der Waals surface area (Å²) < 4.78 is 10.3. The van der Waals surface area contributed by atoms with Gasteiger partial charge in [0.05, 0.1) is 13.5 Å². The minimum absolute atomic E-state index is 0.145. The highest BCUT2D eigenvalue weighted by Gasteiger charge is 2.22. The molecular weight excluding hydrogens is 382 g/mol. The molecule has 0 unspecified atom stereocenters. The number of ether oxygens (including phenoxy) is 1. The lowest BCUT2D eigenvalue weighted by Crippen LogP contribution is -2.49. The fraction of sp³-hybridized carbons (Fsp3) is 0.364. The van der Waals surface area contributed by atoms with Crippen LogP contribution in [0.5, 0.6) is 5.75 Å². The van der Waals surface area contributed by atoms with E-state index in [0.717, 1.165) is 35.8 Å². The van der Waals surface area contributed by atoms with Crippen LogP contribution in [0.25, 0.3) is 11.4 Å². The number of piperazine rings is 1. The normalized spacial score (nSPS) is 14.1. The topological polar surface area (TPSA) is 84.6 Å². The van der Waals surface area contributed by atoms with Crippen molar-refractivity contribution in [3.05, 3.63) is 54.0 Å². The standard InChI is InChI=1S/C22H25N5O3/c1-3-20-24-22(25-30-20)17-6-9-19(23-15-17)26-10-12-27(13-11-26)21(28)14-16-4-7-18(29-2)8-5-16/h4-9,15H,3,10-14H2,1-2H3. The van der Waals surface area contributed by atoms with Gasteiger partial charge in [-0.15, -0.1) is 0 Å². The molecule has 0 atom stereocenters. The van der Waals surface area contributed by atoms with Crippen molar-refractivity contribution in [2.45, 2.75) is 19.8 Å². The molecule has 1 fully saturated rings. The highest BCUT2D eigenvalue weighted by molar-refractivity contribution is 5.79. The van der Waals surface area contributed by atoms with Gasteiger partial charge >= 0.3 is 0 Å². The van der Waals surface area contributed by atoms with Crippen molar-refractivity contribution in [2.75, 3.05) is 38.2 Å². The zero-order valence-corrected chi connectivity index (χ0v) is 17.2. The van der Waals surface area contributed by atoms with Crippen LogP contribution in [0.4, 0.5) is 5.82 Å². The van der Waals surface area contributed by atoms with Crippen LogP contribution in [-0.2, 0) is 17.6 Å². The molecule has 3 aromatic rings. The molecule has 0 bridgehead atoms. The van der Waals surface area contributed by atoms with Crippen molar-refractivity contribution < 1.29 is 14.1 Å². The maximum atomic E-state index is 12.6. The molecule has 0 N–H and O–H groups in total. The van der Waals surface area contributed by atoms with Crippen molar-refractivity contribution in [3.63, 3.8) is 0 Å². The third-order valence-corrected chi connectivity index (χ3v) is 5.25. The number of amides is 1. The van der Waals surface area contributed by atoms with Gasteiger partial charge in [0.2, 0.25) is 17.6 Å². The number of aromatic nitrogens is 3. The maximum absolute atomic E-state index is 12.6. The van der Waals surface area contributed by atoms with E-state index in [2.05, 4.69) is 20.0 Å². The van der Waals surface area contributed by atoms with E-state index in [1.807, 2.05) is 48.2 Å². The summed E-state index contributed by atoms with van der Waals surface area (Å²) in [4.78, 5) is 25.6. The number of hydrogen-bond donors (Lipinski definition) is 0. The molecule has 8 heteroatoms. The summed E-state index contributed by atoms with van der Waals surface area (Å²) in [6.45, 7) is 4.85. The van der Waals surface area contributed by atoms with Gasteiger partial charge in [-0.3, -0.25) is 4.79 Å². The van der Waals surface area contributed by atoms with Crippen LogP contribution in [0.3, 0.4) is 0 Å². The molecule has 156 valence electrons. The first-order valence-corrected chi connectivity index (χ1v) is 10.1. The highest BCUT2D eigenvalue weighted by atomic mass is 16.5. The third-order valence-electron chi connectivity index (χ3n) is 5.25. The van der Waals surface area contributed by atoms with Crippen molar-refractivity contribution in [2.24, 2.45) is 0 Å². The molecule has 1 saturated heterocycles. The van der Waals surface area contributed by atoms with Gasteiger partial charge in [0.15, 0.2) is 0 Å². The number of benzene rings is 1. The first kappa shape index (κ1) is 19.9. The monoisotopic (exact) mass is 407 g/mol. The summed E-state index contributed by atoms with van der Waals surface area (Å²) in [6.07, 6.45) is 2.88. The molecule has 8 nitrogen and oxygen atoms in total. The van der Waals surface area contributed by atoms with Crippen LogP contribution < -0.4 is 9.64 Å². The smallest absolute Gasteiger partial charge is 0.227 e. The molecule has 1 aliphatic heterocycles.